The van der Waals surface area contributed by atoms with Gasteiger partial charge in [-0.1, -0.05) is 60.1 Å². The van der Waals surface area contributed by atoms with Crippen molar-refractivity contribution < 1.29 is 33.4 Å². The molecule has 5 aliphatic heterocycles. The fraction of sp³-hybridized carbons (Fsp3) is 0.400. The molecule has 0 aromatic heterocycles. The Hall–Kier alpha value is -5.06. The van der Waals surface area contributed by atoms with Gasteiger partial charge in [0.1, 0.15) is 24.7 Å². The van der Waals surface area contributed by atoms with Gasteiger partial charge in [-0.2, -0.15) is 0 Å². The van der Waals surface area contributed by atoms with Crippen LogP contribution in [0.2, 0.25) is 5.02 Å². The molecule has 11 heteroatoms. The zero-order chi connectivity index (χ0) is 39.1. The fourth-order valence-electron chi connectivity index (χ4n) is 9.17. The number of urea groups is 1. The second-order valence-electron chi connectivity index (χ2n) is 16.6. The second-order valence-corrected chi connectivity index (χ2v) is 17.0. The lowest BCUT2D eigenvalue weighted by atomic mass is 9.62. The molecule has 5 heterocycles. The van der Waals surface area contributed by atoms with Crippen LogP contribution in [-0.4, -0.2) is 70.7 Å². The summed E-state index contributed by atoms with van der Waals surface area (Å²) in [7, 11) is 0. The van der Waals surface area contributed by atoms with Crippen molar-refractivity contribution in [1.29, 1.82) is 0 Å². The van der Waals surface area contributed by atoms with E-state index in [4.69, 9.17) is 21.1 Å². The number of carboxylic acid groups (broad SMARTS) is 1. The Morgan fingerprint density at radius 1 is 0.857 bits per heavy atom. The molecule has 10 nitrogen and oxygen atoms in total. The number of fused-ring (bicyclic) bond motifs is 3. The van der Waals surface area contributed by atoms with Gasteiger partial charge in [0.25, 0.3) is 0 Å². The van der Waals surface area contributed by atoms with Crippen molar-refractivity contribution in [3.8, 4) is 11.5 Å². The lowest BCUT2D eigenvalue weighted by Crippen LogP contribution is -2.67. The number of hydrogen-bond donors (Lipinski definition) is 2. The first kappa shape index (κ1) is 37.8. The quantitative estimate of drug-likeness (QED) is 0.117. The highest BCUT2D eigenvalue weighted by atomic mass is 35.5. The molecule has 0 aliphatic carbocycles. The van der Waals surface area contributed by atoms with Crippen molar-refractivity contribution in [3.63, 3.8) is 0 Å². The van der Waals surface area contributed by atoms with E-state index in [0.29, 0.717) is 54.7 Å². The highest BCUT2D eigenvalue weighted by Gasteiger charge is 2.62. The molecule has 5 aliphatic rings. The maximum absolute atomic E-state index is 14.3. The van der Waals surface area contributed by atoms with Gasteiger partial charge >= 0.3 is 12.0 Å². The first-order valence-corrected chi connectivity index (χ1v) is 20.1. The monoisotopic (exact) mass is 777 g/mol. The standard InChI is InChI=1S/C45H49ClN4O6/c1-44(2,42(52)53)56-37-15-11-34(12-16-37)40-45(22-24-48(25-23-45)43(54)47-39-6-4-3-5-38(39)46)41(51)49(40)35-13-17-36(18-14-35)55-30-33-9-7-32(8-10-33)29-50-26-19-31(20-27-50)21-28-50/h3-18,31,40H,19-30H2,1-2H3,(H-,47,52,53,54)/p+1. The first-order valence-electron chi connectivity index (χ1n) is 19.8. The summed E-state index contributed by atoms with van der Waals surface area (Å²) in [5, 5.41) is 12.9. The van der Waals surface area contributed by atoms with E-state index in [0.717, 1.165) is 29.3 Å². The molecule has 2 N–H and O–H groups in total. The maximum atomic E-state index is 14.3. The molecule has 1 atom stereocenters. The maximum Gasteiger partial charge on any atom is 0.347 e. The molecule has 9 rings (SSSR count). The lowest BCUT2D eigenvalue weighted by Gasteiger charge is -2.59. The molecular weight excluding hydrogens is 728 g/mol. The number of carbonyl (C=O) groups is 3. The van der Waals surface area contributed by atoms with E-state index < -0.39 is 17.0 Å². The number of carboxylic acids is 1. The molecule has 0 radical (unpaired) electrons. The SMILES string of the molecule is CC(C)(Oc1ccc(C2N(c3ccc(OCc4ccc(C[N+]56CCC(CC5)CC6)cc4)cc3)C(=O)C23CCN(C(=O)Nc2ccccc2Cl)CC3)cc1)C(=O)O. The van der Waals surface area contributed by atoms with Gasteiger partial charge in [-0.25, -0.2) is 9.59 Å². The number of benzene rings is 4. The minimum absolute atomic E-state index is 0.00851. The minimum atomic E-state index is -1.40. The third kappa shape index (κ3) is 7.44. The molecule has 0 saturated carbocycles. The smallest absolute Gasteiger partial charge is 0.347 e. The van der Waals surface area contributed by atoms with Crippen LogP contribution >= 0.6 is 11.6 Å². The van der Waals surface area contributed by atoms with Gasteiger partial charge in [0.2, 0.25) is 5.91 Å². The number of anilines is 2. The average Bonchev–Trinajstić information content (AvgIpc) is 3.21. The summed E-state index contributed by atoms with van der Waals surface area (Å²) >= 11 is 6.29. The molecule has 2 bridgehead atoms. The zero-order valence-electron chi connectivity index (χ0n) is 32.1. The summed E-state index contributed by atoms with van der Waals surface area (Å²) in [5.74, 6) is 1.03. The molecule has 4 aromatic rings. The number of quaternary nitrogens is 1. The van der Waals surface area contributed by atoms with Crippen molar-refractivity contribution in [1.82, 2.24) is 4.90 Å². The number of carbonyl (C=O) groups excluding carboxylic acids is 2. The van der Waals surface area contributed by atoms with E-state index in [1.54, 1.807) is 29.2 Å². The van der Waals surface area contributed by atoms with Gasteiger partial charge in [0.15, 0.2) is 5.60 Å². The number of para-hydroxylation sites is 1. The van der Waals surface area contributed by atoms with E-state index in [1.807, 2.05) is 53.4 Å². The van der Waals surface area contributed by atoms with Crippen molar-refractivity contribution in [2.24, 2.45) is 11.3 Å². The van der Waals surface area contributed by atoms with Crippen molar-refractivity contribution in [2.75, 3.05) is 42.9 Å². The third-order valence-electron chi connectivity index (χ3n) is 12.7. The van der Waals surface area contributed by atoms with E-state index in [2.05, 4.69) is 29.6 Å². The van der Waals surface area contributed by atoms with Crippen LogP contribution in [0.25, 0.3) is 0 Å². The van der Waals surface area contributed by atoms with E-state index in [-0.39, 0.29) is 18.0 Å². The Bertz CT molecular complexity index is 2060. The number of β-lactam (4-membered cyclic amide) rings is 1. The predicted octanol–water partition coefficient (Wildman–Crippen LogP) is 8.69. The number of ether oxygens (including phenoxy) is 2. The molecular formula is C45H50ClN4O6+. The van der Waals surface area contributed by atoms with Crippen LogP contribution in [0.4, 0.5) is 16.2 Å². The Balaban J connectivity index is 0.954. The van der Waals surface area contributed by atoms with Gasteiger partial charge in [0.05, 0.1) is 41.8 Å². The number of rotatable bonds is 11. The molecule has 3 amide bonds. The second kappa shape index (κ2) is 15.1. The van der Waals surface area contributed by atoms with Gasteiger partial charge in [-0.3, -0.25) is 4.79 Å². The van der Waals surface area contributed by atoms with Gasteiger partial charge < -0.3 is 34.2 Å². The van der Waals surface area contributed by atoms with Crippen molar-refractivity contribution in [3.05, 3.63) is 119 Å². The fourth-order valence-corrected chi connectivity index (χ4v) is 9.35. The van der Waals surface area contributed by atoms with Gasteiger partial charge in [-0.05, 0) is 112 Å². The summed E-state index contributed by atoms with van der Waals surface area (Å²) in [5.41, 5.74) is 2.57. The summed E-state index contributed by atoms with van der Waals surface area (Å²) in [6.45, 7) is 9.30. The van der Waals surface area contributed by atoms with Crippen molar-refractivity contribution in [2.45, 2.75) is 70.7 Å². The van der Waals surface area contributed by atoms with Crippen LogP contribution < -0.4 is 19.7 Å². The summed E-state index contributed by atoms with van der Waals surface area (Å²) in [6, 6.07) is 30.3. The minimum Gasteiger partial charge on any atom is -0.489 e. The van der Waals surface area contributed by atoms with Crippen LogP contribution in [0, 0.1) is 11.3 Å². The number of piperidine rings is 4. The molecule has 1 spiro atoms. The van der Waals surface area contributed by atoms with Gasteiger partial charge in [0, 0.05) is 24.3 Å². The number of nitrogens with one attached hydrogen (secondary N) is 1. The topological polar surface area (TPSA) is 108 Å². The van der Waals surface area contributed by atoms with Crippen LogP contribution in [0.1, 0.15) is 68.7 Å². The average molecular weight is 778 g/mol. The lowest BCUT2D eigenvalue weighted by molar-refractivity contribution is -0.955. The molecule has 5 fully saturated rings. The van der Waals surface area contributed by atoms with Crippen LogP contribution in [0.5, 0.6) is 11.5 Å². The molecule has 292 valence electrons. The Kier molecular flexibility index (Phi) is 10.2. The van der Waals surface area contributed by atoms with Gasteiger partial charge in [-0.15, -0.1) is 0 Å². The molecule has 4 aromatic carbocycles. The number of hydrogen-bond acceptors (Lipinski definition) is 5. The van der Waals surface area contributed by atoms with Crippen LogP contribution in [-0.2, 0) is 22.7 Å². The molecule has 1 unspecified atom stereocenters. The largest absolute Gasteiger partial charge is 0.489 e. The Morgan fingerprint density at radius 3 is 2.09 bits per heavy atom. The zero-order valence-corrected chi connectivity index (χ0v) is 32.8. The number of halogens is 1. The number of amides is 3. The van der Waals surface area contributed by atoms with E-state index >= 15 is 0 Å². The molecule has 5 saturated heterocycles. The third-order valence-corrected chi connectivity index (χ3v) is 13.0. The first-order chi connectivity index (χ1) is 26.9. The summed E-state index contributed by atoms with van der Waals surface area (Å²) in [6.07, 6.45) is 5.09. The number of likely N-dealkylation sites (tertiary alicyclic amines) is 1. The van der Waals surface area contributed by atoms with Crippen LogP contribution in [0.15, 0.2) is 97.1 Å². The van der Waals surface area contributed by atoms with Crippen molar-refractivity contribution >= 4 is 40.9 Å². The summed E-state index contributed by atoms with van der Waals surface area (Å²) < 4.78 is 13.2. The molecule has 56 heavy (non-hydrogen) atoms. The van der Waals surface area contributed by atoms with E-state index in [9.17, 15) is 19.5 Å². The number of aliphatic carboxylic acids is 1. The Labute approximate surface area is 333 Å². The van der Waals surface area contributed by atoms with E-state index in [1.165, 1.54) is 62.8 Å². The number of nitrogens with zero attached hydrogens (tertiary/aromatic N) is 3. The van der Waals surface area contributed by atoms with Crippen LogP contribution in [0.3, 0.4) is 0 Å². The predicted molar refractivity (Wildman–Crippen MR) is 216 cm³/mol. The normalized spacial score (nSPS) is 22.7. The Morgan fingerprint density at radius 2 is 1.46 bits per heavy atom. The highest BCUT2D eigenvalue weighted by Crippen LogP contribution is 2.57. The highest BCUT2D eigenvalue weighted by molar-refractivity contribution is 6.33. The summed E-state index contributed by atoms with van der Waals surface area (Å²) in [4.78, 5) is 42.8.